The zero-order valence-electron chi connectivity index (χ0n) is 21.4. The third-order valence-electron chi connectivity index (χ3n) is 8.75. The summed E-state index contributed by atoms with van der Waals surface area (Å²) >= 11 is 3.41. The highest BCUT2D eigenvalue weighted by molar-refractivity contribution is 9.10. The average molecular weight is 588 g/mol. The average Bonchev–Trinajstić information content (AvgIpc) is 3.57. The van der Waals surface area contributed by atoms with Crippen LogP contribution < -0.4 is 10.6 Å². The predicted octanol–water partition coefficient (Wildman–Crippen LogP) is 2.32. The highest BCUT2D eigenvalue weighted by Crippen LogP contribution is 2.55. The normalized spacial score (nSPS) is 33.0. The minimum absolute atomic E-state index is 0.113. The van der Waals surface area contributed by atoms with Crippen LogP contribution in [0, 0.1) is 11.8 Å². The molecule has 5 aliphatic rings. The summed E-state index contributed by atoms with van der Waals surface area (Å²) in [6, 6.07) is 6.65. The summed E-state index contributed by atoms with van der Waals surface area (Å²) in [5, 5.41) is 6.21. The Morgan fingerprint density at radius 1 is 1.03 bits per heavy atom. The number of anilines is 1. The number of nitrogens with zero attached hydrogens (tertiary/aromatic N) is 2. The first-order valence-electron chi connectivity index (χ1n) is 13.8. The molecule has 4 aliphatic heterocycles. The van der Waals surface area contributed by atoms with Crippen molar-refractivity contribution in [3.8, 4) is 0 Å². The molecule has 38 heavy (non-hydrogen) atoms. The van der Waals surface area contributed by atoms with Crippen LogP contribution in [0.5, 0.6) is 0 Å². The van der Waals surface area contributed by atoms with Crippen LogP contribution in [0.1, 0.15) is 32.1 Å². The van der Waals surface area contributed by atoms with Gasteiger partial charge in [-0.2, -0.15) is 0 Å². The van der Waals surface area contributed by atoms with E-state index in [9.17, 15) is 14.4 Å². The van der Waals surface area contributed by atoms with E-state index < -0.39 is 29.6 Å². The number of fused-ring (bicyclic) bond motifs is 1. The molecule has 1 saturated carbocycles. The molecule has 2 bridgehead atoms. The molecule has 204 valence electrons. The smallest absolute Gasteiger partial charge is 0.246 e. The van der Waals surface area contributed by atoms with E-state index in [-0.39, 0.29) is 23.8 Å². The van der Waals surface area contributed by atoms with Gasteiger partial charge in [-0.15, -0.1) is 0 Å². The van der Waals surface area contributed by atoms with Crippen molar-refractivity contribution in [3.63, 3.8) is 0 Å². The van der Waals surface area contributed by atoms with Crippen molar-refractivity contribution in [2.24, 2.45) is 11.8 Å². The minimum Gasteiger partial charge on any atom is -0.379 e. The van der Waals surface area contributed by atoms with Gasteiger partial charge in [0, 0.05) is 42.4 Å². The fourth-order valence-electron chi connectivity index (χ4n) is 6.87. The van der Waals surface area contributed by atoms with E-state index in [0.717, 1.165) is 43.2 Å². The second-order valence-electron chi connectivity index (χ2n) is 11.0. The number of rotatable bonds is 7. The lowest BCUT2D eigenvalue weighted by Gasteiger charge is -2.35. The molecule has 9 nitrogen and oxygen atoms in total. The van der Waals surface area contributed by atoms with Gasteiger partial charge < -0.3 is 25.0 Å². The Hall–Kier alpha value is -2.27. The molecule has 0 radical (unpaired) electrons. The predicted molar refractivity (Wildman–Crippen MR) is 144 cm³/mol. The van der Waals surface area contributed by atoms with Gasteiger partial charge in [-0.25, -0.2) is 0 Å². The van der Waals surface area contributed by atoms with E-state index >= 15 is 0 Å². The maximum Gasteiger partial charge on any atom is 0.246 e. The zero-order valence-corrected chi connectivity index (χ0v) is 23.0. The van der Waals surface area contributed by atoms with Crippen LogP contribution in [0.25, 0.3) is 0 Å². The largest absolute Gasteiger partial charge is 0.379 e. The van der Waals surface area contributed by atoms with Crippen molar-refractivity contribution in [1.29, 1.82) is 0 Å². The van der Waals surface area contributed by atoms with E-state index in [1.54, 1.807) is 4.90 Å². The van der Waals surface area contributed by atoms with E-state index in [2.05, 4.69) is 31.5 Å². The molecule has 0 unspecified atom stereocenters. The molecule has 4 fully saturated rings. The number of benzene rings is 1. The molecule has 3 amide bonds. The monoisotopic (exact) mass is 586 g/mol. The molecule has 4 heterocycles. The van der Waals surface area contributed by atoms with Crippen molar-refractivity contribution in [3.05, 3.63) is 40.9 Å². The summed E-state index contributed by atoms with van der Waals surface area (Å²) < 4.78 is 12.8. The quantitative estimate of drug-likeness (QED) is 0.476. The molecular weight excluding hydrogens is 552 g/mol. The lowest BCUT2D eigenvalue weighted by Crippen LogP contribution is -2.57. The van der Waals surface area contributed by atoms with Gasteiger partial charge in [0.05, 0.1) is 31.2 Å². The SMILES string of the molecule is O=C(Nc1ccc(Br)cc1)[C@@H]1[C@H]2C=C[C@]3(O2)[C@H](C(=O)NC2CCCCC2)N(CCN2CCOCC2)C(=O)[C@@H]13. The number of carbonyl (C=O) groups is 3. The molecule has 2 N–H and O–H groups in total. The van der Waals surface area contributed by atoms with Gasteiger partial charge in [0.2, 0.25) is 17.7 Å². The molecule has 5 atom stereocenters. The van der Waals surface area contributed by atoms with Gasteiger partial charge in [0.15, 0.2) is 0 Å². The van der Waals surface area contributed by atoms with Crippen molar-refractivity contribution in [1.82, 2.24) is 15.1 Å². The maximum atomic E-state index is 14.1. The number of halogens is 1. The van der Waals surface area contributed by atoms with Crippen LogP contribution in [-0.2, 0) is 23.9 Å². The molecule has 1 aromatic rings. The number of nitrogens with one attached hydrogen (secondary N) is 2. The second-order valence-corrected chi connectivity index (χ2v) is 11.9. The summed E-state index contributed by atoms with van der Waals surface area (Å²) in [5.41, 5.74) is -0.479. The Balaban J connectivity index is 1.26. The highest BCUT2D eigenvalue weighted by atomic mass is 79.9. The number of likely N-dealkylation sites (tertiary alicyclic amines) is 1. The standard InChI is InChI=1S/C28H35BrN4O5/c29-18-6-8-20(9-7-18)30-25(34)22-21-10-11-28(38-21)23(22)27(36)33(13-12-32-14-16-37-17-15-32)24(28)26(35)31-19-4-2-1-3-5-19/h6-11,19,21-24H,1-5,12-17H2,(H,30,34)(H,31,35)/t21-,22-,23-,24+,28-/m1/s1. The first-order chi connectivity index (χ1) is 18.5. The molecule has 3 saturated heterocycles. The number of amides is 3. The van der Waals surface area contributed by atoms with Crippen molar-refractivity contribution < 1.29 is 23.9 Å². The van der Waals surface area contributed by atoms with Gasteiger partial charge in [-0.1, -0.05) is 47.3 Å². The van der Waals surface area contributed by atoms with E-state index in [4.69, 9.17) is 9.47 Å². The Morgan fingerprint density at radius 2 is 1.76 bits per heavy atom. The number of ether oxygens (including phenoxy) is 2. The summed E-state index contributed by atoms with van der Waals surface area (Å²) in [7, 11) is 0. The van der Waals surface area contributed by atoms with Crippen molar-refractivity contribution in [2.75, 3.05) is 44.7 Å². The molecule has 1 aromatic carbocycles. The van der Waals surface area contributed by atoms with E-state index in [1.807, 2.05) is 36.4 Å². The molecule has 1 aliphatic carbocycles. The second kappa shape index (κ2) is 10.7. The van der Waals surface area contributed by atoms with Crippen LogP contribution in [0.4, 0.5) is 5.69 Å². The van der Waals surface area contributed by atoms with Gasteiger partial charge in [0.25, 0.3) is 0 Å². The van der Waals surface area contributed by atoms with Gasteiger partial charge in [-0.3, -0.25) is 19.3 Å². The Bertz CT molecular complexity index is 1100. The fourth-order valence-corrected chi connectivity index (χ4v) is 7.13. The fraction of sp³-hybridized carbons (Fsp3) is 0.607. The summed E-state index contributed by atoms with van der Waals surface area (Å²) in [6.07, 6.45) is 8.49. The zero-order chi connectivity index (χ0) is 26.3. The lowest BCUT2D eigenvalue weighted by molar-refractivity contribution is -0.141. The number of hydrogen-bond donors (Lipinski definition) is 2. The third kappa shape index (κ3) is 4.69. The Labute approximate surface area is 231 Å². The minimum atomic E-state index is -1.13. The molecule has 1 spiro atoms. The van der Waals surface area contributed by atoms with E-state index in [0.29, 0.717) is 32.0 Å². The van der Waals surface area contributed by atoms with Gasteiger partial charge in [0.1, 0.15) is 11.6 Å². The lowest BCUT2D eigenvalue weighted by atomic mass is 9.74. The van der Waals surface area contributed by atoms with Crippen LogP contribution in [0.3, 0.4) is 0 Å². The van der Waals surface area contributed by atoms with Crippen LogP contribution in [0.15, 0.2) is 40.9 Å². The number of carbonyl (C=O) groups excluding carboxylic acids is 3. The Kier molecular flexibility index (Phi) is 7.32. The van der Waals surface area contributed by atoms with E-state index in [1.165, 1.54) is 6.42 Å². The first kappa shape index (κ1) is 26.0. The topological polar surface area (TPSA) is 100 Å². The van der Waals surface area contributed by atoms with Crippen molar-refractivity contribution >= 4 is 39.3 Å². The highest BCUT2D eigenvalue weighted by Gasteiger charge is 2.72. The van der Waals surface area contributed by atoms with Crippen LogP contribution >= 0.6 is 15.9 Å². The summed E-state index contributed by atoms with van der Waals surface area (Å²) in [4.78, 5) is 45.4. The first-order valence-corrected chi connectivity index (χ1v) is 14.6. The molecule has 0 aromatic heterocycles. The van der Waals surface area contributed by atoms with Crippen molar-refractivity contribution in [2.45, 2.75) is 55.9 Å². The van der Waals surface area contributed by atoms with Crippen LogP contribution in [0.2, 0.25) is 0 Å². The molecule has 6 rings (SSSR count). The molecular formula is C28H35BrN4O5. The summed E-state index contributed by atoms with van der Waals surface area (Å²) in [6.45, 7) is 3.98. The number of hydrogen-bond acceptors (Lipinski definition) is 6. The third-order valence-corrected chi connectivity index (χ3v) is 9.28. The van der Waals surface area contributed by atoms with Gasteiger partial charge >= 0.3 is 0 Å². The Morgan fingerprint density at radius 3 is 2.50 bits per heavy atom. The molecule has 10 heteroatoms. The van der Waals surface area contributed by atoms with Crippen LogP contribution in [-0.4, -0.2) is 90.7 Å². The maximum absolute atomic E-state index is 14.1. The van der Waals surface area contributed by atoms with Gasteiger partial charge in [-0.05, 0) is 37.1 Å². The summed E-state index contributed by atoms with van der Waals surface area (Å²) in [5.74, 6) is -2.04. The number of morpholine rings is 1.